The quantitative estimate of drug-likeness (QED) is 0.860. The number of phenolic OH excluding ortho intramolecular Hbond substituents is 1. The number of anilines is 1. The van der Waals surface area contributed by atoms with Crippen LogP contribution in [0.25, 0.3) is 11.8 Å². The van der Waals surface area contributed by atoms with Crippen molar-refractivity contribution in [1.29, 1.82) is 0 Å². The molecule has 0 radical (unpaired) electrons. The van der Waals surface area contributed by atoms with Crippen molar-refractivity contribution < 1.29 is 14.6 Å². The van der Waals surface area contributed by atoms with Gasteiger partial charge in [0.25, 0.3) is 0 Å². The molecule has 0 spiro atoms. The molecule has 1 amide bonds. The van der Waals surface area contributed by atoms with Gasteiger partial charge in [-0.1, -0.05) is 30.3 Å². The highest BCUT2D eigenvalue weighted by Gasteiger charge is 2.26. The van der Waals surface area contributed by atoms with E-state index in [2.05, 4.69) is 0 Å². The van der Waals surface area contributed by atoms with Crippen LogP contribution in [0.4, 0.5) is 10.5 Å². The topological polar surface area (TPSA) is 49.8 Å². The predicted octanol–water partition coefficient (Wildman–Crippen LogP) is 3.48. The van der Waals surface area contributed by atoms with Gasteiger partial charge in [0, 0.05) is 18.7 Å². The van der Waals surface area contributed by atoms with Crippen LogP contribution >= 0.6 is 0 Å². The van der Waals surface area contributed by atoms with Crippen LogP contribution in [0.15, 0.2) is 48.5 Å². The van der Waals surface area contributed by atoms with Crippen LogP contribution in [-0.2, 0) is 4.74 Å². The molecule has 0 aliphatic carbocycles. The zero-order valence-electron chi connectivity index (χ0n) is 10.9. The van der Waals surface area contributed by atoms with Crippen LogP contribution in [0.2, 0.25) is 0 Å². The fraction of sp³-hybridized carbons (Fsp3) is 0.0625. The van der Waals surface area contributed by atoms with Crippen LogP contribution < -0.4 is 4.90 Å². The van der Waals surface area contributed by atoms with E-state index < -0.39 is 6.09 Å². The van der Waals surface area contributed by atoms with E-state index in [0.29, 0.717) is 11.4 Å². The summed E-state index contributed by atoms with van der Waals surface area (Å²) in [6, 6.07) is 14.5. The first kappa shape index (κ1) is 12.3. The molecule has 0 atom stereocenters. The Labute approximate surface area is 116 Å². The Morgan fingerprint density at radius 1 is 1.15 bits per heavy atom. The van der Waals surface area contributed by atoms with Gasteiger partial charge in [0.05, 0.1) is 5.69 Å². The fourth-order valence-electron chi connectivity index (χ4n) is 2.13. The molecule has 0 aromatic heterocycles. The van der Waals surface area contributed by atoms with E-state index in [9.17, 15) is 9.90 Å². The molecule has 1 aliphatic heterocycles. The van der Waals surface area contributed by atoms with Crippen molar-refractivity contribution in [2.75, 3.05) is 11.9 Å². The first-order valence-electron chi connectivity index (χ1n) is 6.21. The number of nitrogens with zero attached hydrogens (tertiary/aromatic N) is 1. The third-order valence-electron chi connectivity index (χ3n) is 3.18. The smallest absolute Gasteiger partial charge is 0.419 e. The van der Waals surface area contributed by atoms with Crippen LogP contribution in [0.5, 0.6) is 5.75 Å². The lowest BCUT2D eigenvalue weighted by Gasteiger charge is -2.27. The molecule has 20 heavy (non-hydrogen) atoms. The minimum Gasteiger partial charge on any atom is -0.508 e. The summed E-state index contributed by atoms with van der Waals surface area (Å²) >= 11 is 0. The molecular formula is C16H13NO3. The minimum absolute atomic E-state index is 0.115. The second kappa shape index (κ2) is 4.74. The summed E-state index contributed by atoms with van der Waals surface area (Å²) in [4.78, 5) is 13.2. The fourth-order valence-corrected chi connectivity index (χ4v) is 2.13. The summed E-state index contributed by atoms with van der Waals surface area (Å²) in [6.07, 6.45) is 1.34. The minimum atomic E-state index is -0.467. The van der Waals surface area contributed by atoms with Gasteiger partial charge >= 0.3 is 6.09 Å². The van der Waals surface area contributed by atoms with Crippen molar-refractivity contribution in [3.63, 3.8) is 0 Å². The average Bonchev–Trinajstić information content (AvgIpc) is 2.45. The van der Waals surface area contributed by atoms with Gasteiger partial charge in [0.15, 0.2) is 0 Å². The lowest BCUT2D eigenvalue weighted by atomic mass is 10.1. The normalized spacial score (nSPS) is 15.9. The largest absolute Gasteiger partial charge is 0.508 e. The van der Waals surface area contributed by atoms with Crippen molar-refractivity contribution >= 4 is 23.6 Å². The molecule has 1 aliphatic rings. The molecular weight excluding hydrogens is 254 g/mol. The molecule has 0 saturated heterocycles. The number of benzene rings is 2. The van der Waals surface area contributed by atoms with Crippen LogP contribution in [0.1, 0.15) is 11.1 Å². The molecule has 0 unspecified atom stereocenters. The van der Waals surface area contributed by atoms with Crippen molar-refractivity contribution in [3.8, 4) is 5.75 Å². The molecule has 0 fully saturated rings. The molecule has 4 heteroatoms. The van der Waals surface area contributed by atoms with Crippen molar-refractivity contribution in [3.05, 3.63) is 59.7 Å². The monoisotopic (exact) mass is 267 g/mol. The summed E-state index contributed by atoms with van der Waals surface area (Å²) in [5.74, 6) is 0.596. The number of fused-ring (bicyclic) bond motifs is 1. The average molecular weight is 267 g/mol. The summed E-state index contributed by atoms with van der Waals surface area (Å²) in [7, 11) is 1.61. The standard InChI is InChI=1S/C16H13NO3/c1-17-14-10-12(18)7-8-13(14)15(20-16(17)19)9-11-5-3-2-4-6-11/h2-10,18H,1H3/b15-9-. The van der Waals surface area contributed by atoms with Crippen molar-refractivity contribution in [2.45, 2.75) is 0 Å². The Kier molecular flexibility index (Phi) is 2.91. The van der Waals surface area contributed by atoms with Gasteiger partial charge in [0.1, 0.15) is 11.5 Å². The number of carbonyl (C=O) groups is 1. The summed E-state index contributed by atoms with van der Waals surface area (Å²) < 4.78 is 5.34. The molecule has 2 aromatic carbocycles. The molecule has 2 aromatic rings. The van der Waals surface area contributed by atoms with Gasteiger partial charge in [-0.2, -0.15) is 0 Å². The number of hydrogen-bond acceptors (Lipinski definition) is 3. The molecule has 1 heterocycles. The molecule has 1 N–H and O–H groups in total. The van der Waals surface area contributed by atoms with Gasteiger partial charge in [-0.3, -0.25) is 4.90 Å². The Bertz CT molecular complexity index is 692. The summed E-state index contributed by atoms with van der Waals surface area (Å²) in [5, 5.41) is 9.57. The SMILES string of the molecule is CN1C(=O)O/C(=C\c2ccccc2)c2ccc(O)cc21. The second-order valence-corrected chi connectivity index (χ2v) is 4.55. The number of rotatable bonds is 1. The van der Waals surface area contributed by atoms with E-state index in [1.54, 1.807) is 31.3 Å². The molecule has 100 valence electrons. The highest BCUT2D eigenvalue weighted by Crippen LogP contribution is 2.36. The highest BCUT2D eigenvalue weighted by atomic mass is 16.6. The molecule has 0 bridgehead atoms. The lowest BCUT2D eigenvalue weighted by Crippen LogP contribution is -2.31. The molecule has 0 saturated carbocycles. The highest BCUT2D eigenvalue weighted by molar-refractivity contribution is 6.01. The van der Waals surface area contributed by atoms with Gasteiger partial charge in [-0.15, -0.1) is 0 Å². The first-order valence-corrected chi connectivity index (χ1v) is 6.21. The number of aromatic hydroxyl groups is 1. The Hall–Kier alpha value is -2.75. The summed E-state index contributed by atoms with van der Waals surface area (Å²) in [5.41, 5.74) is 2.34. The van der Waals surface area contributed by atoms with E-state index in [-0.39, 0.29) is 5.75 Å². The Morgan fingerprint density at radius 3 is 2.65 bits per heavy atom. The van der Waals surface area contributed by atoms with Crippen LogP contribution in [0.3, 0.4) is 0 Å². The Balaban J connectivity index is 2.13. The van der Waals surface area contributed by atoms with Crippen molar-refractivity contribution in [1.82, 2.24) is 0 Å². The Morgan fingerprint density at radius 2 is 1.90 bits per heavy atom. The number of phenols is 1. The van der Waals surface area contributed by atoms with E-state index in [1.807, 2.05) is 30.3 Å². The van der Waals surface area contributed by atoms with Crippen molar-refractivity contribution in [2.24, 2.45) is 0 Å². The van der Waals surface area contributed by atoms with Crippen LogP contribution in [0, 0.1) is 0 Å². The maximum Gasteiger partial charge on any atom is 0.419 e. The number of hydrogen-bond donors (Lipinski definition) is 1. The number of ether oxygens (including phenoxy) is 1. The predicted molar refractivity (Wildman–Crippen MR) is 77.3 cm³/mol. The third-order valence-corrected chi connectivity index (χ3v) is 3.18. The number of cyclic esters (lactones) is 1. The van der Waals surface area contributed by atoms with Gasteiger partial charge in [-0.25, -0.2) is 4.79 Å². The van der Waals surface area contributed by atoms with Gasteiger partial charge in [-0.05, 0) is 23.8 Å². The van der Waals surface area contributed by atoms with E-state index in [1.165, 1.54) is 4.90 Å². The summed E-state index contributed by atoms with van der Waals surface area (Å²) in [6.45, 7) is 0. The first-order chi connectivity index (χ1) is 9.65. The maximum absolute atomic E-state index is 11.8. The lowest BCUT2D eigenvalue weighted by molar-refractivity contribution is 0.199. The number of carbonyl (C=O) groups excluding carboxylic acids is 1. The number of amides is 1. The van der Waals surface area contributed by atoms with Gasteiger partial charge in [0.2, 0.25) is 0 Å². The van der Waals surface area contributed by atoms with Crippen LogP contribution in [-0.4, -0.2) is 18.2 Å². The van der Waals surface area contributed by atoms with E-state index in [4.69, 9.17) is 4.74 Å². The second-order valence-electron chi connectivity index (χ2n) is 4.55. The van der Waals surface area contributed by atoms with E-state index >= 15 is 0 Å². The van der Waals surface area contributed by atoms with Gasteiger partial charge < -0.3 is 9.84 Å². The zero-order chi connectivity index (χ0) is 14.1. The zero-order valence-corrected chi connectivity index (χ0v) is 10.9. The maximum atomic E-state index is 11.8. The van der Waals surface area contributed by atoms with E-state index in [0.717, 1.165) is 11.1 Å². The third kappa shape index (κ3) is 2.12. The molecule has 4 nitrogen and oxygen atoms in total. The molecule has 3 rings (SSSR count).